The number of hydrogen-bond donors (Lipinski definition) is 4. The van der Waals surface area contributed by atoms with E-state index in [2.05, 4.69) is 5.32 Å². The van der Waals surface area contributed by atoms with Crippen molar-refractivity contribution in [3.8, 4) is 0 Å². The molecule has 3 atom stereocenters. The molecule has 0 radical (unpaired) electrons. The number of primary amides is 2. The van der Waals surface area contributed by atoms with E-state index in [1.54, 1.807) is 30.3 Å². The van der Waals surface area contributed by atoms with Crippen molar-refractivity contribution in [2.45, 2.75) is 49.3 Å². The van der Waals surface area contributed by atoms with Crippen LogP contribution in [0.25, 0.3) is 0 Å². The SMILES string of the molecule is CC(OC[C@@]1(c2ccccc2)CC[C@](C(N)=O)(N(C=N)C(N)=O)CN1)c1cc(C(F)(F)F)cc(C(F)(F)F)c1. The number of nitrogens with zero attached hydrogens (tertiary/aromatic N) is 1. The molecule has 0 aromatic heterocycles. The van der Waals surface area contributed by atoms with E-state index in [4.69, 9.17) is 21.6 Å². The van der Waals surface area contributed by atoms with E-state index in [1.807, 2.05) is 0 Å². The summed E-state index contributed by atoms with van der Waals surface area (Å²) in [5.41, 5.74) is 5.59. The molecule has 2 aromatic rings. The third kappa shape index (κ3) is 6.17. The average molecular weight is 560 g/mol. The van der Waals surface area contributed by atoms with Crippen molar-refractivity contribution in [1.82, 2.24) is 10.2 Å². The summed E-state index contributed by atoms with van der Waals surface area (Å²) in [6, 6.07) is 8.81. The number of carbonyl (C=O) groups is 2. The molecule has 0 aliphatic carbocycles. The van der Waals surface area contributed by atoms with Gasteiger partial charge in [0.25, 0.3) is 0 Å². The molecule has 1 unspecified atom stereocenters. The van der Waals surface area contributed by atoms with Crippen LogP contribution in [-0.2, 0) is 27.4 Å². The van der Waals surface area contributed by atoms with E-state index >= 15 is 0 Å². The van der Waals surface area contributed by atoms with Crippen LogP contribution in [0.4, 0.5) is 31.1 Å². The van der Waals surface area contributed by atoms with E-state index in [0.29, 0.717) is 28.9 Å². The predicted octanol–water partition coefficient (Wildman–Crippen LogP) is 4.29. The molecule has 1 fully saturated rings. The van der Waals surface area contributed by atoms with Crippen LogP contribution in [0.5, 0.6) is 0 Å². The van der Waals surface area contributed by atoms with E-state index < -0.39 is 52.6 Å². The molecule has 1 heterocycles. The van der Waals surface area contributed by atoms with Gasteiger partial charge in [-0.3, -0.25) is 15.1 Å². The highest BCUT2D eigenvalue weighted by atomic mass is 19.4. The fraction of sp³-hybridized carbons (Fsp3) is 0.400. The highest BCUT2D eigenvalue weighted by Crippen LogP contribution is 2.40. The van der Waals surface area contributed by atoms with Crippen LogP contribution in [0, 0.1) is 5.41 Å². The summed E-state index contributed by atoms with van der Waals surface area (Å²) in [5, 5.41) is 10.7. The van der Waals surface area contributed by atoms with Crippen LogP contribution >= 0.6 is 0 Å². The molecule has 6 N–H and O–H groups in total. The molecule has 14 heteroatoms. The molecule has 0 bridgehead atoms. The van der Waals surface area contributed by atoms with Gasteiger partial charge in [-0.05, 0) is 49.1 Å². The predicted molar refractivity (Wildman–Crippen MR) is 128 cm³/mol. The Labute approximate surface area is 219 Å². The maximum Gasteiger partial charge on any atom is 0.416 e. The van der Waals surface area contributed by atoms with Crippen LogP contribution in [0.15, 0.2) is 48.5 Å². The molecular formula is C25H27F6N5O3. The third-order valence-corrected chi connectivity index (χ3v) is 6.96. The highest BCUT2D eigenvalue weighted by Gasteiger charge is 2.51. The number of nitrogens with two attached hydrogens (primary N) is 2. The van der Waals surface area contributed by atoms with Crippen LogP contribution in [0.2, 0.25) is 0 Å². The molecule has 0 spiro atoms. The zero-order chi connectivity index (χ0) is 29.2. The van der Waals surface area contributed by atoms with Crippen molar-refractivity contribution in [3.63, 3.8) is 0 Å². The smallest absolute Gasteiger partial charge is 0.372 e. The van der Waals surface area contributed by atoms with E-state index in [0.717, 1.165) is 0 Å². The number of carbonyl (C=O) groups excluding carboxylic acids is 2. The number of halogens is 6. The summed E-state index contributed by atoms with van der Waals surface area (Å²) in [6.45, 7) is 0.843. The lowest BCUT2D eigenvalue weighted by Crippen LogP contribution is -2.70. The van der Waals surface area contributed by atoms with Gasteiger partial charge in [0.1, 0.15) is 5.54 Å². The van der Waals surface area contributed by atoms with Crippen LogP contribution < -0.4 is 16.8 Å². The summed E-state index contributed by atoms with van der Waals surface area (Å²) in [5.74, 6) is -0.920. The third-order valence-electron chi connectivity index (χ3n) is 6.96. The van der Waals surface area contributed by atoms with Gasteiger partial charge in [0.2, 0.25) is 5.91 Å². The second-order valence-electron chi connectivity index (χ2n) is 9.33. The number of alkyl halides is 6. The van der Waals surface area contributed by atoms with Gasteiger partial charge in [0.05, 0.1) is 35.7 Å². The molecular weight excluding hydrogens is 532 g/mol. The Morgan fingerprint density at radius 3 is 2.03 bits per heavy atom. The van der Waals surface area contributed by atoms with Crippen molar-refractivity contribution >= 4 is 18.3 Å². The van der Waals surface area contributed by atoms with Crippen LogP contribution in [0.3, 0.4) is 0 Å². The van der Waals surface area contributed by atoms with Crippen molar-refractivity contribution in [1.29, 1.82) is 5.41 Å². The maximum absolute atomic E-state index is 13.3. The Balaban J connectivity index is 1.94. The first-order valence-corrected chi connectivity index (χ1v) is 11.7. The Hall–Kier alpha value is -3.65. The lowest BCUT2D eigenvalue weighted by Gasteiger charge is -2.49. The lowest BCUT2D eigenvalue weighted by atomic mass is 9.75. The minimum Gasteiger partial charge on any atom is -0.372 e. The zero-order valence-corrected chi connectivity index (χ0v) is 20.7. The monoisotopic (exact) mass is 559 g/mol. The van der Waals surface area contributed by atoms with Gasteiger partial charge < -0.3 is 21.5 Å². The molecule has 1 aliphatic heterocycles. The Bertz CT molecular complexity index is 1180. The van der Waals surface area contributed by atoms with Gasteiger partial charge in [-0.25, -0.2) is 4.79 Å². The number of piperidine rings is 1. The minimum atomic E-state index is -5.01. The summed E-state index contributed by atoms with van der Waals surface area (Å²) in [7, 11) is 0. The average Bonchev–Trinajstić information content (AvgIpc) is 2.87. The standard InChI is InChI=1S/C25H27F6N5O3/c1-15(16-9-18(24(26,27)28)11-19(10-16)25(29,30)31)39-13-22(17-5-3-2-4-6-17)7-8-23(12-35-22,20(33)37)36(14-32)21(34)38/h2-6,9-11,14-15,32,35H,7-8,12-13H2,1H3,(H2,33,37)(H2,34,38)/t15?,22-,23+/m1/s1. The van der Waals surface area contributed by atoms with Gasteiger partial charge in [-0.2, -0.15) is 26.3 Å². The van der Waals surface area contributed by atoms with Crippen molar-refractivity contribution in [2.75, 3.05) is 13.2 Å². The quantitative estimate of drug-likeness (QED) is 0.218. The van der Waals surface area contributed by atoms with Crippen molar-refractivity contribution in [3.05, 3.63) is 70.8 Å². The second-order valence-corrected chi connectivity index (χ2v) is 9.33. The number of rotatable bonds is 8. The van der Waals surface area contributed by atoms with E-state index in [1.165, 1.54) is 6.92 Å². The molecule has 212 valence electrons. The largest absolute Gasteiger partial charge is 0.416 e. The molecule has 3 amide bonds. The summed E-state index contributed by atoms with van der Waals surface area (Å²) in [6.07, 6.45) is -10.6. The van der Waals surface area contributed by atoms with Crippen LogP contribution in [-0.4, -0.2) is 41.9 Å². The molecule has 3 rings (SSSR count). The number of benzene rings is 2. The molecule has 1 saturated heterocycles. The Morgan fingerprint density at radius 2 is 1.62 bits per heavy atom. The minimum absolute atomic E-state index is 0.0432. The first-order valence-electron chi connectivity index (χ1n) is 11.7. The summed E-state index contributed by atoms with van der Waals surface area (Å²) >= 11 is 0. The van der Waals surface area contributed by atoms with Gasteiger partial charge in [0.15, 0.2) is 0 Å². The fourth-order valence-electron chi connectivity index (χ4n) is 4.63. The zero-order valence-electron chi connectivity index (χ0n) is 20.7. The Kier molecular flexibility index (Phi) is 8.32. The Morgan fingerprint density at radius 1 is 1.05 bits per heavy atom. The van der Waals surface area contributed by atoms with Crippen molar-refractivity contribution in [2.24, 2.45) is 11.5 Å². The molecule has 0 saturated carbocycles. The van der Waals surface area contributed by atoms with Gasteiger partial charge in [-0.1, -0.05) is 30.3 Å². The number of amides is 3. The first-order chi connectivity index (χ1) is 18.1. The lowest BCUT2D eigenvalue weighted by molar-refractivity contribution is -0.143. The van der Waals surface area contributed by atoms with Crippen molar-refractivity contribution < 1.29 is 40.7 Å². The summed E-state index contributed by atoms with van der Waals surface area (Å²) in [4.78, 5) is 25.0. The normalized spacial score (nSPS) is 22.6. The topological polar surface area (TPSA) is 135 Å². The number of nitrogens with one attached hydrogen (secondary N) is 2. The molecule has 2 aromatic carbocycles. The number of hydrogen-bond acceptors (Lipinski definition) is 5. The van der Waals surface area contributed by atoms with E-state index in [-0.39, 0.29) is 37.6 Å². The molecule has 39 heavy (non-hydrogen) atoms. The van der Waals surface area contributed by atoms with Gasteiger partial charge >= 0.3 is 18.4 Å². The van der Waals surface area contributed by atoms with Gasteiger partial charge in [0, 0.05) is 6.54 Å². The second kappa shape index (κ2) is 10.8. The highest BCUT2D eigenvalue weighted by molar-refractivity contribution is 5.96. The van der Waals surface area contributed by atoms with Crippen LogP contribution in [0.1, 0.15) is 48.1 Å². The van der Waals surface area contributed by atoms with E-state index in [9.17, 15) is 35.9 Å². The number of urea groups is 1. The maximum atomic E-state index is 13.3. The first kappa shape index (κ1) is 29.9. The molecule has 1 aliphatic rings. The number of ether oxygens (including phenoxy) is 1. The van der Waals surface area contributed by atoms with Gasteiger partial charge in [-0.15, -0.1) is 0 Å². The summed E-state index contributed by atoms with van der Waals surface area (Å²) < 4.78 is 85.9. The fourth-order valence-corrected chi connectivity index (χ4v) is 4.63. The molecule has 8 nitrogen and oxygen atoms in total.